The first kappa shape index (κ1) is 12.8. The number of likely N-dealkylation sites (N-methyl/N-ethyl adjacent to an activating group) is 1. The molecule has 1 aliphatic rings. The summed E-state index contributed by atoms with van der Waals surface area (Å²) in [5.74, 6) is 1.10. The summed E-state index contributed by atoms with van der Waals surface area (Å²) in [6, 6.07) is 6.22. The average molecular weight is 270 g/mol. The van der Waals surface area contributed by atoms with Gasteiger partial charge in [-0.1, -0.05) is 6.07 Å². The lowest BCUT2D eigenvalue weighted by Crippen LogP contribution is -2.37. The summed E-state index contributed by atoms with van der Waals surface area (Å²) in [4.78, 5) is 22.4. The topological polar surface area (TPSA) is 51.0 Å². The van der Waals surface area contributed by atoms with Gasteiger partial charge in [0, 0.05) is 38.1 Å². The Labute approximate surface area is 118 Å². The third-order valence-electron chi connectivity index (χ3n) is 3.78. The summed E-state index contributed by atoms with van der Waals surface area (Å²) in [5, 5.41) is 0. The first-order valence-electron chi connectivity index (χ1n) is 6.86. The molecule has 3 rings (SSSR count). The third kappa shape index (κ3) is 2.31. The second-order valence-corrected chi connectivity index (χ2v) is 5.29. The van der Waals surface area contributed by atoms with Crippen LogP contribution in [0.5, 0.6) is 0 Å². The highest BCUT2D eigenvalue weighted by Gasteiger charge is 2.25. The van der Waals surface area contributed by atoms with Gasteiger partial charge >= 0.3 is 0 Å². The number of rotatable bonds is 2. The minimum Gasteiger partial charge on any atom is -0.344 e. The first-order chi connectivity index (χ1) is 9.65. The van der Waals surface area contributed by atoms with Crippen LogP contribution in [0.4, 0.5) is 0 Å². The van der Waals surface area contributed by atoms with Crippen LogP contribution in [-0.4, -0.2) is 38.9 Å². The lowest BCUT2D eigenvalue weighted by atomic mass is 10.1. The van der Waals surface area contributed by atoms with Crippen LogP contribution in [0.3, 0.4) is 0 Å². The van der Waals surface area contributed by atoms with Gasteiger partial charge in [-0.25, -0.2) is 9.97 Å². The number of nitrogens with zero attached hydrogens (tertiary/aromatic N) is 4. The van der Waals surface area contributed by atoms with E-state index in [4.69, 9.17) is 0 Å². The molecule has 2 aromatic heterocycles. The van der Waals surface area contributed by atoms with E-state index in [0.29, 0.717) is 6.42 Å². The Hall–Kier alpha value is -2.17. The monoisotopic (exact) mass is 270 g/mol. The Kier molecular flexibility index (Phi) is 3.26. The Bertz CT molecular complexity index is 634. The van der Waals surface area contributed by atoms with Gasteiger partial charge in [0.15, 0.2) is 5.82 Å². The number of hydrogen-bond acceptors (Lipinski definition) is 3. The number of imidazole rings is 1. The molecule has 0 N–H and O–H groups in total. The van der Waals surface area contributed by atoms with Gasteiger partial charge < -0.3 is 9.47 Å². The standard InChI is InChI=1S/C15H18N4O/c1-11-4-3-5-13(17-11)15-16-8-9-19(15)12-6-7-14(20)18(2)10-12/h3-5,8-9,12H,6-7,10H2,1-2H3. The molecule has 0 saturated carbocycles. The molecule has 5 heteroatoms. The number of carbonyl (C=O) groups is 1. The van der Waals surface area contributed by atoms with Gasteiger partial charge in [0.1, 0.15) is 5.69 Å². The van der Waals surface area contributed by atoms with Crippen molar-refractivity contribution in [1.29, 1.82) is 0 Å². The Balaban J connectivity index is 1.93. The summed E-state index contributed by atoms with van der Waals surface area (Å²) in [7, 11) is 1.86. The fourth-order valence-electron chi connectivity index (χ4n) is 2.69. The molecular formula is C15H18N4O. The second-order valence-electron chi connectivity index (χ2n) is 5.29. The number of amides is 1. The van der Waals surface area contributed by atoms with Gasteiger partial charge in [-0.3, -0.25) is 4.79 Å². The van der Waals surface area contributed by atoms with Crippen LogP contribution in [0.25, 0.3) is 11.5 Å². The van der Waals surface area contributed by atoms with Crippen LogP contribution in [0.1, 0.15) is 24.6 Å². The zero-order valence-electron chi connectivity index (χ0n) is 11.8. The van der Waals surface area contributed by atoms with E-state index >= 15 is 0 Å². The lowest BCUT2D eigenvalue weighted by molar-refractivity contribution is -0.132. The molecule has 1 saturated heterocycles. The van der Waals surface area contributed by atoms with Crippen LogP contribution in [0, 0.1) is 6.92 Å². The lowest BCUT2D eigenvalue weighted by Gasteiger charge is -2.31. The highest BCUT2D eigenvalue weighted by Crippen LogP contribution is 2.26. The molecule has 1 unspecified atom stereocenters. The molecule has 1 atom stereocenters. The molecule has 5 nitrogen and oxygen atoms in total. The molecule has 2 aromatic rings. The van der Waals surface area contributed by atoms with Crippen LogP contribution in [0.2, 0.25) is 0 Å². The van der Waals surface area contributed by atoms with Crippen molar-refractivity contribution in [3.05, 3.63) is 36.3 Å². The number of carbonyl (C=O) groups excluding carboxylic acids is 1. The fourth-order valence-corrected chi connectivity index (χ4v) is 2.69. The van der Waals surface area contributed by atoms with E-state index in [2.05, 4.69) is 14.5 Å². The Morgan fingerprint density at radius 2 is 2.20 bits per heavy atom. The van der Waals surface area contributed by atoms with Crippen molar-refractivity contribution in [2.45, 2.75) is 25.8 Å². The maximum atomic E-state index is 11.6. The fraction of sp³-hybridized carbons (Fsp3) is 0.400. The summed E-state index contributed by atoms with van der Waals surface area (Å²) in [6.07, 6.45) is 5.24. The number of pyridine rings is 1. The van der Waals surface area contributed by atoms with E-state index in [1.165, 1.54) is 0 Å². The smallest absolute Gasteiger partial charge is 0.222 e. The maximum Gasteiger partial charge on any atom is 0.222 e. The molecule has 104 valence electrons. The van der Waals surface area contributed by atoms with Crippen molar-refractivity contribution in [2.24, 2.45) is 0 Å². The van der Waals surface area contributed by atoms with Gasteiger partial charge in [-0.2, -0.15) is 0 Å². The van der Waals surface area contributed by atoms with E-state index in [0.717, 1.165) is 30.2 Å². The van der Waals surface area contributed by atoms with E-state index in [9.17, 15) is 4.79 Å². The molecule has 3 heterocycles. The van der Waals surface area contributed by atoms with Crippen molar-refractivity contribution >= 4 is 5.91 Å². The van der Waals surface area contributed by atoms with E-state index in [-0.39, 0.29) is 11.9 Å². The van der Waals surface area contributed by atoms with Gasteiger partial charge in [0.05, 0.1) is 6.04 Å². The van der Waals surface area contributed by atoms with Crippen molar-refractivity contribution in [2.75, 3.05) is 13.6 Å². The van der Waals surface area contributed by atoms with Crippen molar-refractivity contribution in [1.82, 2.24) is 19.4 Å². The number of aromatic nitrogens is 3. The SMILES string of the molecule is Cc1cccc(-c2nccn2C2CCC(=O)N(C)C2)n1. The predicted octanol–water partition coefficient (Wildman–Crippen LogP) is 2.05. The highest BCUT2D eigenvalue weighted by atomic mass is 16.2. The van der Waals surface area contributed by atoms with Crippen molar-refractivity contribution < 1.29 is 4.79 Å². The summed E-state index contributed by atoms with van der Waals surface area (Å²) >= 11 is 0. The minimum atomic E-state index is 0.219. The Morgan fingerprint density at radius 3 is 2.95 bits per heavy atom. The minimum absolute atomic E-state index is 0.219. The molecule has 0 aliphatic carbocycles. The third-order valence-corrected chi connectivity index (χ3v) is 3.78. The van der Waals surface area contributed by atoms with Crippen LogP contribution >= 0.6 is 0 Å². The van der Waals surface area contributed by atoms with E-state index in [1.54, 1.807) is 11.1 Å². The number of aryl methyl sites for hydroxylation is 1. The van der Waals surface area contributed by atoms with Crippen molar-refractivity contribution in [3.8, 4) is 11.5 Å². The van der Waals surface area contributed by atoms with Crippen molar-refractivity contribution in [3.63, 3.8) is 0 Å². The average Bonchev–Trinajstić information content (AvgIpc) is 2.91. The molecule has 1 fully saturated rings. The van der Waals surface area contributed by atoms with Gasteiger partial charge in [0.25, 0.3) is 0 Å². The normalized spacial score (nSPS) is 19.4. The largest absolute Gasteiger partial charge is 0.344 e. The van der Waals surface area contributed by atoms with Gasteiger partial charge in [-0.15, -0.1) is 0 Å². The second kappa shape index (κ2) is 5.07. The molecule has 0 aromatic carbocycles. The number of likely N-dealkylation sites (tertiary alicyclic amines) is 1. The molecular weight excluding hydrogens is 252 g/mol. The van der Waals surface area contributed by atoms with Crippen LogP contribution in [-0.2, 0) is 4.79 Å². The highest BCUT2D eigenvalue weighted by molar-refractivity contribution is 5.76. The van der Waals surface area contributed by atoms with E-state index in [1.807, 2.05) is 38.4 Å². The molecule has 0 bridgehead atoms. The summed E-state index contributed by atoms with van der Waals surface area (Å²) in [6.45, 7) is 2.71. The molecule has 1 aliphatic heterocycles. The number of piperidine rings is 1. The maximum absolute atomic E-state index is 11.6. The first-order valence-corrected chi connectivity index (χ1v) is 6.86. The Morgan fingerprint density at radius 1 is 1.35 bits per heavy atom. The molecule has 0 spiro atoms. The summed E-state index contributed by atoms with van der Waals surface area (Å²) in [5.41, 5.74) is 1.86. The summed E-state index contributed by atoms with van der Waals surface area (Å²) < 4.78 is 2.14. The van der Waals surface area contributed by atoms with Crippen LogP contribution < -0.4 is 0 Å². The zero-order valence-corrected chi connectivity index (χ0v) is 11.8. The molecule has 20 heavy (non-hydrogen) atoms. The van der Waals surface area contributed by atoms with Crippen LogP contribution in [0.15, 0.2) is 30.6 Å². The molecule has 1 amide bonds. The van der Waals surface area contributed by atoms with Gasteiger partial charge in [-0.05, 0) is 25.5 Å². The zero-order chi connectivity index (χ0) is 14.1. The quantitative estimate of drug-likeness (QED) is 0.839. The molecule has 0 radical (unpaired) electrons. The van der Waals surface area contributed by atoms with Gasteiger partial charge in [0.2, 0.25) is 5.91 Å². The predicted molar refractivity (Wildman–Crippen MR) is 76.1 cm³/mol. The van der Waals surface area contributed by atoms with E-state index < -0.39 is 0 Å². The number of hydrogen-bond donors (Lipinski definition) is 0.